The SMILES string of the molecule is CNC1CCCCC1OC1CCS(=O)(=O)C1. The van der Waals surface area contributed by atoms with Crippen LogP contribution in [-0.2, 0) is 14.6 Å². The van der Waals surface area contributed by atoms with Crippen LogP contribution in [0.15, 0.2) is 0 Å². The van der Waals surface area contributed by atoms with E-state index in [9.17, 15) is 8.42 Å². The van der Waals surface area contributed by atoms with Gasteiger partial charge in [0.2, 0.25) is 0 Å². The van der Waals surface area contributed by atoms with Crippen LogP contribution in [0.5, 0.6) is 0 Å². The molecule has 5 heteroatoms. The van der Waals surface area contributed by atoms with E-state index in [1.165, 1.54) is 12.8 Å². The van der Waals surface area contributed by atoms with Crippen LogP contribution in [0.1, 0.15) is 32.1 Å². The van der Waals surface area contributed by atoms with E-state index in [0.717, 1.165) is 12.8 Å². The number of nitrogens with one attached hydrogen (secondary N) is 1. The van der Waals surface area contributed by atoms with Crippen molar-refractivity contribution in [3.8, 4) is 0 Å². The molecule has 3 atom stereocenters. The maximum atomic E-state index is 11.3. The molecular weight excluding hydrogens is 226 g/mol. The molecule has 1 aliphatic carbocycles. The van der Waals surface area contributed by atoms with E-state index in [4.69, 9.17) is 4.74 Å². The molecule has 2 aliphatic rings. The van der Waals surface area contributed by atoms with E-state index >= 15 is 0 Å². The lowest BCUT2D eigenvalue weighted by molar-refractivity contribution is -0.0338. The molecule has 0 bridgehead atoms. The van der Waals surface area contributed by atoms with Crippen molar-refractivity contribution in [1.82, 2.24) is 5.32 Å². The summed E-state index contributed by atoms with van der Waals surface area (Å²) in [4.78, 5) is 0. The molecule has 1 aliphatic heterocycles. The van der Waals surface area contributed by atoms with Crippen molar-refractivity contribution in [3.63, 3.8) is 0 Å². The van der Waals surface area contributed by atoms with Crippen LogP contribution in [0.2, 0.25) is 0 Å². The Morgan fingerprint density at radius 3 is 2.56 bits per heavy atom. The minimum Gasteiger partial charge on any atom is -0.372 e. The molecule has 0 aromatic heterocycles. The summed E-state index contributed by atoms with van der Waals surface area (Å²) in [6, 6.07) is 0.400. The molecule has 0 aromatic rings. The molecule has 16 heavy (non-hydrogen) atoms. The number of sulfone groups is 1. The Labute approximate surface area is 97.7 Å². The van der Waals surface area contributed by atoms with Gasteiger partial charge in [-0.15, -0.1) is 0 Å². The molecule has 1 saturated carbocycles. The maximum absolute atomic E-state index is 11.3. The highest BCUT2D eigenvalue weighted by Gasteiger charge is 2.33. The third kappa shape index (κ3) is 2.96. The smallest absolute Gasteiger partial charge is 0.152 e. The Bertz CT molecular complexity index is 328. The van der Waals surface area contributed by atoms with Crippen molar-refractivity contribution in [2.75, 3.05) is 18.6 Å². The van der Waals surface area contributed by atoms with Crippen molar-refractivity contribution in [2.24, 2.45) is 0 Å². The Morgan fingerprint density at radius 1 is 1.19 bits per heavy atom. The molecule has 0 radical (unpaired) electrons. The zero-order valence-corrected chi connectivity index (χ0v) is 10.6. The first kappa shape index (κ1) is 12.3. The molecule has 1 N–H and O–H groups in total. The highest BCUT2D eigenvalue weighted by molar-refractivity contribution is 7.91. The quantitative estimate of drug-likeness (QED) is 0.798. The molecule has 94 valence electrons. The first-order valence-electron chi connectivity index (χ1n) is 6.14. The van der Waals surface area contributed by atoms with Crippen molar-refractivity contribution < 1.29 is 13.2 Å². The minimum absolute atomic E-state index is 0.0658. The van der Waals surface area contributed by atoms with Crippen LogP contribution in [0.4, 0.5) is 0 Å². The lowest BCUT2D eigenvalue weighted by Gasteiger charge is -2.33. The molecule has 0 spiro atoms. The van der Waals surface area contributed by atoms with Gasteiger partial charge in [-0.05, 0) is 26.3 Å². The standard InChI is InChI=1S/C11H21NO3S/c1-12-10-4-2-3-5-11(10)15-9-6-7-16(13,14)8-9/h9-12H,2-8H2,1H3. The molecular formula is C11H21NO3S. The molecule has 4 nitrogen and oxygen atoms in total. The van der Waals surface area contributed by atoms with Gasteiger partial charge in [0.05, 0.1) is 23.7 Å². The topological polar surface area (TPSA) is 55.4 Å². The molecule has 2 fully saturated rings. The first-order valence-corrected chi connectivity index (χ1v) is 7.96. The highest BCUT2D eigenvalue weighted by atomic mass is 32.2. The second kappa shape index (κ2) is 5.02. The van der Waals surface area contributed by atoms with Crippen LogP contribution in [0.25, 0.3) is 0 Å². The zero-order chi connectivity index (χ0) is 11.6. The second-order valence-electron chi connectivity index (χ2n) is 4.88. The predicted molar refractivity (Wildman–Crippen MR) is 63.2 cm³/mol. The average Bonchev–Trinajstić information content (AvgIpc) is 2.59. The number of rotatable bonds is 3. The van der Waals surface area contributed by atoms with Crippen molar-refractivity contribution in [1.29, 1.82) is 0 Å². The molecule has 2 rings (SSSR count). The summed E-state index contributed by atoms with van der Waals surface area (Å²) in [5.41, 5.74) is 0. The van der Waals surface area contributed by atoms with Gasteiger partial charge in [0, 0.05) is 6.04 Å². The van der Waals surface area contributed by atoms with Gasteiger partial charge in [0.25, 0.3) is 0 Å². The van der Waals surface area contributed by atoms with Crippen LogP contribution in [0.3, 0.4) is 0 Å². The van der Waals surface area contributed by atoms with Crippen molar-refractivity contribution in [2.45, 2.75) is 50.4 Å². The Balaban J connectivity index is 1.88. The van der Waals surface area contributed by atoms with Crippen LogP contribution >= 0.6 is 0 Å². The van der Waals surface area contributed by atoms with E-state index in [1.54, 1.807) is 0 Å². The van der Waals surface area contributed by atoms with E-state index in [2.05, 4.69) is 5.32 Å². The Kier molecular flexibility index (Phi) is 3.87. The van der Waals surface area contributed by atoms with Gasteiger partial charge in [0.1, 0.15) is 0 Å². The Hall–Kier alpha value is -0.130. The van der Waals surface area contributed by atoms with Crippen molar-refractivity contribution in [3.05, 3.63) is 0 Å². The predicted octanol–water partition coefficient (Wildman–Crippen LogP) is 0.721. The second-order valence-corrected chi connectivity index (χ2v) is 7.11. The van der Waals surface area contributed by atoms with Gasteiger partial charge in [-0.2, -0.15) is 0 Å². The lowest BCUT2D eigenvalue weighted by Crippen LogP contribution is -2.43. The number of hydrogen-bond acceptors (Lipinski definition) is 4. The van der Waals surface area contributed by atoms with Gasteiger partial charge in [-0.25, -0.2) is 8.42 Å². The van der Waals surface area contributed by atoms with Gasteiger partial charge in [0.15, 0.2) is 9.84 Å². The minimum atomic E-state index is -2.82. The third-order valence-corrected chi connectivity index (χ3v) is 5.37. The van der Waals surface area contributed by atoms with Gasteiger partial charge < -0.3 is 10.1 Å². The number of hydrogen-bond donors (Lipinski definition) is 1. The monoisotopic (exact) mass is 247 g/mol. The van der Waals surface area contributed by atoms with Gasteiger partial charge >= 0.3 is 0 Å². The summed E-state index contributed by atoms with van der Waals surface area (Å²) in [7, 11) is -0.860. The lowest BCUT2D eigenvalue weighted by atomic mass is 9.92. The fraction of sp³-hybridized carbons (Fsp3) is 1.00. The zero-order valence-electron chi connectivity index (χ0n) is 9.81. The molecule has 0 aromatic carbocycles. The van der Waals surface area contributed by atoms with Crippen LogP contribution in [0, 0.1) is 0 Å². The first-order chi connectivity index (χ1) is 7.61. The summed E-state index contributed by atoms with van der Waals surface area (Å²) in [6.07, 6.45) is 5.45. The van der Waals surface area contributed by atoms with E-state index < -0.39 is 9.84 Å². The Morgan fingerprint density at radius 2 is 1.94 bits per heavy atom. The fourth-order valence-corrected chi connectivity index (χ4v) is 4.31. The largest absolute Gasteiger partial charge is 0.372 e. The van der Waals surface area contributed by atoms with E-state index in [-0.39, 0.29) is 18.0 Å². The summed E-state index contributed by atoms with van der Waals surface area (Å²) in [6.45, 7) is 0. The molecule has 1 saturated heterocycles. The fourth-order valence-electron chi connectivity index (χ4n) is 2.71. The molecule has 1 heterocycles. The van der Waals surface area contributed by atoms with Crippen LogP contribution in [-0.4, -0.2) is 45.2 Å². The average molecular weight is 247 g/mol. The number of ether oxygens (including phenoxy) is 1. The summed E-state index contributed by atoms with van der Waals surface area (Å²) >= 11 is 0. The van der Waals surface area contributed by atoms with E-state index in [0.29, 0.717) is 18.2 Å². The molecule has 0 amide bonds. The number of likely N-dealkylation sites (N-methyl/N-ethyl adjacent to an activating group) is 1. The highest BCUT2D eigenvalue weighted by Crippen LogP contribution is 2.25. The van der Waals surface area contributed by atoms with Gasteiger partial charge in [-0.3, -0.25) is 0 Å². The normalized spacial score (nSPS) is 38.7. The summed E-state index contributed by atoms with van der Waals surface area (Å²) in [5.74, 6) is 0.522. The third-order valence-electron chi connectivity index (χ3n) is 3.63. The molecule has 3 unspecified atom stereocenters. The van der Waals surface area contributed by atoms with Crippen LogP contribution < -0.4 is 5.32 Å². The van der Waals surface area contributed by atoms with Gasteiger partial charge in [-0.1, -0.05) is 12.8 Å². The summed E-state index contributed by atoms with van der Waals surface area (Å²) < 4.78 is 28.6. The summed E-state index contributed by atoms with van der Waals surface area (Å²) in [5, 5.41) is 3.27. The van der Waals surface area contributed by atoms with Crippen molar-refractivity contribution >= 4 is 9.84 Å². The maximum Gasteiger partial charge on any atom is 0.152 e. The van der Waals surface area contributed by atoms with E-state index in [1.807, 2.05) is 7.05 Å².